The second kappa shape index (κ2) is 6.33. The Kier molecular flexibility index (Phi) is 4.08. The minimum Gasteiger partial charge on any atom is -0.324 e. The molecule has 0 saturated carbocycles. The summed E-state index contributed by atoms with van der Waals surface area (Å²) in [6, 6.07) is 22.9. The highest BCUT2D eigenvalue weighted by Crippen LogP contribution is 2.21. The van der Waals surface area contributed by atoms with Crippen molar-refractivity contribution in [3.8, 4) is 11.1 Å². The zero-order chi connectivity index (χ0) is 14.5. The lowest BCUT2D eigenvalue weighted by Crippen LogP contribution is -2.13. The first-order valence-corrected chi connectivity index (χ1v) is 7.13. The van der Waals surface area contributed by atoms with Crippen LogP contribution in [0.2, 0.25) is 0 Å². The van der Waals surface area contributed by atoms with Crippen LogP contribution in [0.25, 0.3) is 11.1 Å². The van der Waals surface area contributed by atoms with Crippen LogP contribution < -0.4 is 5.73 Å². The van der Waals surface area contributed by atoms with E-state index in [2.05, 4.69) is 53.5 Å². The molecule has 0 fully saturated rings. The highest BCUT2D eigenvalue weighted by atomic mass is 14.7. The van der Waals surface area contributed by atoms with Gasteiger partial charge in [0.2, 0.25) is 0 Å². The molecule has 0 spiro atoms. The fourth-order valence-electron chi connectivity index (χ4n) is 2.43. The summed E-state index contributed by atoms with van der Waals surface area (Å²) in [5, 5.41) is 0. The van der Waals surface area contributed by atoms with Crippen LogP contribution in [0.1, 0.15) is 17.2 Å². The number of nitrogens with two attached hydrogens (primary N) is 1. The van der Waals surface area contributed by atoms with Crippen molar-refractivity contribution in [2.75, 3.05) is 0 Å². The quantitative estimate of drug-likeness (QED) is 0.781. The van der Waals surface area contributed by atoms with Crippen LogP contribution in [0.4, 0.5) is 0 Å². The van der Waals surface area contributed by atoms with E-state index in [1.54, 1.807) is 6.20 Å². The van der Waals surface area contributed by atoms with E-state index >= 15 is 0 Å². The topological polar surface area (TPSA) is 38.9 Å². The van der Waals surface area contributed by atoms with Gasteiger partial charge in [0.1, 0.15) is 0 Å². The zero-order valence-corrected chi connectivity index (χ0v) is 11.8. The second-order valence-electron chi connectivity index (χ2n) is 5.16. The number of hydrogen-bond acceptors (Lipinski definition) is 2. The fraction of sp³-hybridized carbons (Fsp3) is 0.105. The molecule has 0 aliphatic carbocycles. The molecule has 104 valence electrons. The van der Waals surface area contributed by atoms with Crippen molar-refractivity contribution < 1.29 is 0 Å². The molecule has 21 heavy (non-hydrogen) atoms. The van der Waals surface area contributed by atoms with Gasteiger partial charge in [0.15, 0.2) is 0 Å². The predicted molar refractivity (Wildman–Crippen MR) is 86.7 cm³/mol. The Bertz CT molecular complexity index is 676. The molecule has 0 amide bonds. The highest BCUT2D eigenvalue weighted by Gasteiger charge is 2.07. The number of rotatable bonds is 4. The molecule has 0 saturated heterocycles. The molecule has 1 aromatic heterocycles. The Morgan fingerprint density at radius 3 is 2.19 bits per heavy atom. The van der Waals surface area contributed by atoms with Crippen molar-refractivity contribution in [1.29, 1.82) is 0 Å². The number of hydrogen-bond donors (Lipinski definition) is 1. The van der Waals surface area contributed by atoms with Gasteiger partial charge in [0, 0.05) is 18.4 Å². The first-order valence-electron chi connectivity index (χ1n) is 7.13. The molecule has 1 unspecified atom stereocenters. The maximum atomic E-state index is 6.24. The number of benzene rings is 2. The SMILES string of the molecule is NC(Cc1ccc(-c2ccccc2)cc1)c1cccnc1. The Morgan fingerprint density at radius 2 is 1.52 bits per heavy atom. The third-order valence-corrected chi connectivity index (χ3v) is 3.63. The standard InChI is InChI=1S/C19H18N2/c20-19(18-7-4-12-21-14-18)13-15-8-10-17(11-9-15)16-5-2-1-3-6-16/h1-12,14,19H,13,20H2. The maximum absolute atomic E-state index is 6.24. The van der Waals surface area contributed by atoms with Gasteiger partial charge in [0.25, 0.3) is 0 Å². The molecule has 3 aromatic rings. The van der Waals surface area contributed by atoms with Crippen LogP contribution in [-0.2, 0) is 6.42 Å². The molecule has 2 N–H and O–H groups in total. The molecular weight excluding hydrogens is 256 g/mol. The van der Waals surface area contributed by atoms with Gasteiger partial charge in [-0.3, -0.25) is 4.98 Å². The van der Waals surface area contributed by atoms with Crippen molar-refractivity contribution in [3.63, 3.8) is 0 Å². The van der Waals surface area contributed by atoms with Crippen LogP contribution in [-0.4, -0.2) is 4.98 Å². The van der Waals surface area contributed by atoms with Crippen molar-refractivity contribution in [3.05, 3.63) is 90.3 Å². The summed E-state index contributed by atoms with van der Waals surface area (Å²) >= 11 is 0. The summed E-state index contributed by atoms with van der Waals surface area (Å²) in [6.45, 7) is 0. The van der Waals surface area contributed by atoms with Gasteiger partial charge in [0.05, 0.1) is 0 Å². The van der Waals surface area contributed by atoms with Crippen LogP contribution in [0, 0.1) is 0 Å². The first-order chi connectivity index (χ1) is 10.3. The van der Waals surface area contributed by atoms with Crippen LogP contribution in [0.5, 0.6) is 0 Å². The summed E-state index contributed by atoms with van der Waals surface area (Å²) in [5.41, 5.74) is 11.0. The zero-order valence-electron chi connectivity index (χ0n) is 11.8. The maximum Gasteiger partial charge on any atom is 0.0351 e. The lowest BCUT2D eigenvalue weighted by molar-refractivity contribution is 0.718. The predicted octanol–water partition coefficient (Wildman–Crippen LogP) is 3.99. The van der Waals surface area contributed by atoms with Crippen molar-refractivity contribution in [2.24, 2.45) is 5.73 Å². The average Bonchev–Trinajstić information content (AvgIpc) is 2.57. The largest absolute Gasteiger partial charge is 0.324 e. The molecule has 2 heteroatoms. The van der Waals surface area contributed by atoms with E-state index in [9.17, 15) is 0 Å². The summed E-state index contributed by atoms with van der Waals surface area (Å²) < 4.78 is 0. The number of pyridine rings is 1. The summed E-state index contributed by atoms with van der Waals surface area (Å²) in [4.78, 5) is 4.12. The monoisotopic (exact) mass is 274 g/mol. The van der Waals surface area contributed by atoms with Crippen molar-refractivity contribution in [2.45, 2.75) is 12.5 Å². The van der Waals surface area contributed by atoms with E-state index in [0.29, 0.717) is 0 Å². The molecule has 1 atom stereocenters. The number of nitrogens with zero attached hydrogens (tertiary/aromatic N) is 1. The smallest absolute Gasteiger partial charge is 0.0351 e. The molecule has 0 aliphatic rings. The lowest BCUT2D eigenvalue weighted by Gasteiger charge is -2.12. The van der Waals surface area contributed by atoms with E-state index in [0.717, 1.165) is 12.0 Å². The van der Waals surface area contributed by atoms with E-state index in [4.69, 9.17) is 5.73 Å². The minimum atomic E-state index is -0.0127. The fourth-order valence-corrected chi connectivity index (χ4v) is 2.43. The van der Waals surface area contributed by atoms with Crippen molar-refractivity contribution in [1.82, 2.24) is 4.98 Å². The molecule has 3 rings (SSSR count). The average molecular weight is 274 g/mol. The van der Waals surface area contributed by atoms with Crippen LogP contribution in [0.3, 0.4) is 0 Å². The lowest BCUT2D eigenvalue weighted by atomic mass is 9.98. The van der Waals surface area contributed by atoms with Gasteiger partial charge in [-0.2, -0.15) is 0 Å². The molecule has 0 radical (unpaired) electrons. The van der Waals surface area contributed by atoms with Gasteiger partial charge in [-0.15, -0.1) is 0 Å². The Hall–Kier alpha value is -2.45. The molecule has 2 nitrogen and oxygen atoms in total. The summed E-state index contributed by atoms with van der Waals surface area (Å²) in [5.74, 6) is 0. The Balaban J connectivity index is 1.73. The third kappa shape index (κ3) is 3.36. The van der Waals surface area contributed by atoms with E-state index in [1.807, 2.05) is 24.4 Å². The van der Waals surface area contributed by atoms with Crippen LogP contribution in [0.15, 0.2) is 79.1 Å². The van der Waals surface area contributed by atoms with Crippen LogP contribution >= 0.6 is 0 Å². The summed E-state index contributed by atoms with van der Waals surface area (Å²) in [6.07, 6.45) is 4.43. The van der Waals surface area contributed by atoms with Gasteiger partial charge in [-0.1, -0.05) is 60.7 Å². The first kappa shape index (κ1) is 13.5. The molecule has 0 aliphatic heterocycles. The van der Waals surface area contributed by atoms with Crippen molar-refractivity contribution >= 4 is 0 Å². The summed E-state index contributed by atoms with van der Waals surface area (Å²) in [7, 11) is 0. The molecular formula is C19H18N2. The third-order valence-electron chi connectivity index (χ3n) is 3.63. The van der Waals surface area contributed by atoms with Gasteiger partial charge in [-0.25, -0.2) is 0 Å². The van der Waals surface area contributed by atoms with E-state index in [1.165, 1.54) is 16.7 Å². The van der Waals surface area contributed by atoms with Gasteiger partial charge >= 0.3 is 0 Å². The Labute approximate surface area is 125 Å². The molecule has 2 aromatic carbocycles. The second-order valence-corrected chi connectivity index (χ2v) is 5.16. The van der Waals surface area contributed by atoms with E-state index < -0.39 is 0 Å². The number of aromatic nitrogens is 1. The van der Waals surface area contributed by atoms with E-state index in [-0.39, 0.29) is 6.04 Å². The highest BCUT2D eigenvalue weighted by molar-refractivity contribution is 5.63. The Morgan fingerprint density at radius 1 is 0.810 bits per heavy atom. The minimum absolute atomic E-state index is 0.0127. The molecule has 1 heterocycles. The van der Waals surface area contributed by atoms with Gasteiger partial charge < -0.3 is 5.73 Å². The molecule has 0 bridgehead atoms. The van der Waals surface area contributed by atoms with Gasteiger partial charge in [-0.05, 0) is 34.7 Å². The normalized spacial score (nSPS) is 12.0.